The fraction of sp³-hybridized carbons (Fsp3) is 0.882. The Labute approximate surface area is 133 Å². The molecule has 1 fully saturated rings. The number of esters is 2. The van der Waals surface area contributed by atoms with Gasteiger partial charge < -0.3 is 14.2 Å². The summed E-state index contributed by atoms with van der Waals surface area (Å²) in [6, 6.07) is 0. The smallest absolute Gasteiger partial charge is 0.337 e. The zero-order valence-corrected chi connectivity index (χ0v) is 14.8. The first-order valence-corrected chi connectivity index (χ1v) is 8.09. The summed E-state index contributed by atoms with van der Waals surface area (Å²) < 4.78 is 16.5. The van der Waals surface area contributed by atoms with Crippen molar-refractivity contribution in [2.75, 3.05) is 7.11 Å². The Kier molecular flexibility index (Phi) is 6.41. The maximum Gasteiger partial charge on any atom is 0.337 e. The Bertz CT molecular complexity index is 408. The molecule has 0 aromatic carbocycles. The standard InChI is InChI=1S/C17H30O5/c1-8-14(21-13(5)18)12(4)15-11(3)10(2)9-17(6,22-15)16(19)20-7/h10-12,14-15H,8-9H2,1-7H3/t10?,11-,12-,14-,15-,17-/m1/s1. The third-order valence-corrected chi connectivity index (χ3v) is 4.97. The molecule has 0 N–H and O–H groups in total. The molecular weight excluding hydrogens is 284 g/mol. The van der Waals surface area contributed by atoms with E-state index >= 15 is 0 Å². The van der Waals surface area contributed by atoms with Crippen molar-refractivity contribution in [3.05, 3.63) is 0 Å². The average molecular weight is 314 g/mol. The van der Waals surface area contributed by atoms with E-state index in [1.807, 2.05) is 13.8 Å². The Morgan fingerprint density at radius 3 is 2.41 bits per heavy atom. The topological polar surface area (TPSA) is 61.8 Å². The predicted octanol–water partition coefficient (Wildman–Crippen LogP) is 2.96. The van der Waals surface area contributed by atoms with Gasteiger partial charge in [-0.15, -0.1) is 0 Å². The second kappa shape index (κ2) is 7.44. The summed E-state index contributed by atoms with van der Waals surface area (Å²) in [7, 11) is 1.38. The molecule has 1 unspecified atom stereocenters. The average Bonchev–Trinajstić information content (AvgIpc) is 2.46. The van der Waals surface area contributed by atoms with E-state index in [1.54, 1.807) is 6.92 Å². The number of hydrogen-bond donors (Lipinski definition) is 0. The number of methoxy groups -OCH3 is 1. The van der Waals surface area contributed by atoms with Gasteiger partial charge in [0.15, 0.2) is 5.60 Å². The molecule has 0 amide bonds. The van der Waals surface area contributed by atoms with Gasteiger partial charge in [0.2, 0.25) is 0 Å². The first-order chi connectivity index (χ1) is 10.2. The van der Waals surface area contributed by atoms with Crippen molar-refractivity contribution in [2.45, 2.75) is 72.2 Å². The van der Waals surface area contributed by atoms with E-state index < -0.39 is 5.60 Å². The monoisotopic (exact) mass is 314 g/mol. The normalized spacial score (nSPS) is 34.6. The van der Waals surface area contributed by atoms with Crippen LogP contribution in [0.3, 0.4) is 0 Å². The van der Waals surface area contributed by atoms with E-state index in [4.69, 9.17) is 14.2 Å². The van der Waals surface area contributed by atoms with Crippen LogP contribution in [-0.4, -0.2) is 36.9 Å². The molecule has 0 bridgehead atoms. The lowest BCUT2D eigenvalue weighted by Crippen LogP contribution is -2.54. The van der Waals surface area contributed by atoms with Gasteiger partial charge >= 0.3 is 11.9 Å². The first-order valence-electron chi connectivity index (χ1n) is 8.09. The van der Waals surface area contributed by atoms with Gasteiger partial charge in [0.05, 0.1) is 13.2 Å². The van der Waals surface area contributed by atoms with Crippen molar-refractivity contribution in [3.8, 4) is 0 Å². The van der Waals surface area contributed by atoms with Crippen LogP contribution in [0.15, 0.2) is 0 Å². The van der Waals surface area contributed by atoms with Gasteiger partial charge in [0.1, 0.15) is 6.10 Å². The second-order valence-electron chi connectivity index (χ2n) is 6.76. The largest absolute Gasteiger partial charge is 0.467 e. The molecule has 1 saturated heterocycles. The van der Waals surface area contributed by atoms with Crippen LogP contribution in [0.1, 0.15) is 54.4 Å². The van der Waals surface area contributed by atoms with Gasteiger partial charge in [0, 0.05) is 12.8 Å². The first kappa shape index (κ1) is 18.9. The Hall–Kier alpha value is -1.10. The number of hydrogen-bond acceptors (Lipinski definition) is 5. The van der Waals surface area contributed by atoms with E-state index in [2.05, 4.69) is 13.8 Å². The molecule has 22 heavy (non-hydrogen) atoms. The summed E-state index contributed by atoms with van der Waals surface area (Å²) >= 11 is 0. The molecule has 5 nitrogen and oxygen atoms in total. The number of carbonyl (C=O) groups excluding carboxylic acids is 2. The minimum atomic E-state index is -0.936. The van der Waals surface area contributed by atoms with Crippen LogP contribution in [0, 0.1) is 17.8 Å². The maximum atomic E-state index is 12.1. The zero-order valence-electron chi connectivity index (χ0n) is 14.8. The molecule has 0 aromatic rings. The van der Waals surface area contributed by atoms with E-state index in [-0.39, 0.29) is 36.0 Å². The van der Waals surface area contributed by atoms with Crippen LogP contribution in [0.4, 0.5) is 0 Å². The van der Waals surface area contributed by atoms with Crippen LogP contribution in [0.25, 0.3) is 0 Å². The number of ether oxygens (including phenoxy) is 3. The van der Waals surface area contributed by atoms with E-state index in [9.17, 15) is 9.59 Å². The minimum Gasteiger partial charge on any atom is -0.467 e. The van der Waals surface area contributed by atoms with Gasteiger partial charge in [-0.2, -0.15) is 0 Å². The number of rotatable bonds is 5. The molecule has 0 spiro atoms. The molecule has 5 heteroatoms. The van der Waals surface area contributed by atoms with Crippen molar-refractivity contribution >= 4 is 11.9 Å². The summed E-state index contributed by atoms with van der Waals surface area (Å²) in [6.45, 7) is 11.5. The Balaban J connectivity index is 2.98. The molecule has 1 rings (SSSR count). The third-order valence-electron chi connectivity index (χ3n) is 4.97. The molecule has 1 heterocycles. The molecule has 0 saturated carbocycles. The fourth-order valence-electron chi connectivity index (χ4n) is 3.50. The fourth-order valence-corrected chi connectivity index (χ4v) is 3.50. The summed E-state index contributed by atoms with van der Waals surface area (Å²) in [5, 5.41) is 0. The van der Waals surface area contributed by atoms with Gasteiger partial charge in [-0.3, -0.25) is 4.79 Å². The molecule has 0 radical (unpaired) electrons. The Morgan fingerprint density at radius 2 is 1.95 bits per heavy atom. The Morgan fingerprint density at radius 1 is 1.36 bits per heavy atom. The predicted molar refractivity (Wildman–Crippen MR) is 83.2 cm³/mol. The van der Waals surface area contributed by atoms with E-state index in [1.165, 1.54) is 14.0 Å². The zero-order chi connectivity index (χ0) is 17.1. The number of carbonyl (C=O) groups is 2. The summed E-state index contributed by atoms with van der Waals surface area (Å²) in [4.78, 5) is 23.4. The van der Waals surface area contributed by atoms with Gasteiger partial charge in [-0.25, -0.2) is 4.79 Å². The van der Waals surface area contributed by atoms with Crippen LogP contribution < -0.4 is 0 Å². The summed E-state index contributed by atoms with van der Waals surface area (Å²) in [6.07, 6.45) is 0.986. The summed E-state index contributed by atoms with van der Waals surface area (Å²) in [5.74, 6) is -0.0250. The van der Waals surface area contributed by atoms with Gasteiger partial charge in [-0.1, -0.05) is 27.7 Å². The van der Waals surface area contributed by atoms with Crippen LogP contribution in [0.2, 0.25) is 0 Å². The van der Waals surface area contributed by atoms with Crippen molar-refractivity contribution < 1.29 is 23.8 Å². The van der Waals surface area contributed by atoms with E-state index in [0.29, 0.717) is 12.3 Å². The quantitative estimate of drug-likeness (QED) is 0.730. The molecule has 0 aromatic heterocycles. The highest BCUT2D eigenvalue weighted by Crippen LogP contribution is 2.41. The van der Waals surface area contributed by atoms with Gasteiger partial charge in [0.25, 0.3) is 0 Å². The van der Waals surface area contributed by atoms with Crippen molar-refractivity contribution in [1.29, 1.82) is 0 Å². The highest BCUT2D eigenvalue weighted by molar-refractivity contribution is 5.79. The highest BCUT2D eigenvalue weighted by atomic mass is 16.6. The van der Waals surface area contributed by atoms with Crippen molar-refractivity contribution in [1.82, 2.24) is 0 Å². The molecule has 0 aliphatic carbocycles. The minimum absolute atomic E-state index is 0.00984. The SMILES string of the molecule is CC[C@@H](OC(C)=O)[C@@H](C)[C@@H]1O[C@@](C)(C(=O)OC)CC(C)[C@H]1C. The maximum absolute atomic E-state index is 12.1. The lowest BCUT2D eigenvalue weighted by molar-refractivity contribution is -0.213. The summed E-state index contributed by atoms with van der Waals surface area (Å²) in [5.41, 5.74) is -0.936. The van der Waals surface area contributed by atoms with Crippen LogP contribution >= 0.6 is 0 Å². The highest BCUT2D eigenvalue weighted by Gasteiger charge is 2.49. The third kappa shape index (κ3) is 4.00. The van der Waals surface area contributed by atoms with Crippen LogP contribution in [0.5, 0.6) is 0 Å². The lowest BCUT2D eigenvalue weighted by atomic mass is 9.74. The second-order valence-corrected chi connectivity index (χ2v) is 6.76. The van der Waals surface area contributed by atoms with E-state index in [0.717, 1.165) is 6.42 Å². The molecule has 1 aliphatic rings. The molecule has 6 atom stereocenters. The molecule has 128 valence electrons. The molecular formula is C17H30O5. The molecule has 1 aliphatic heterocycles. The van der Waals surface area contributed by atoms with Crippen molar-refractivity contribution in [2.24, 2.45) is 17.8 Å². The van der Waals surface area contributed by atoms with Gasteiger partial charge in [-0.05, 0) is 31.6 Å². The van der Waals surface area contributed by atoms with Crippen LogP contribution in [-0.2, 0) is 23.8 Å². The lowest BCUT2D eigenvalue weighted by Gasteiger charge is -2.47. The van der Waals surface area contributed by atoms with Crippen molar-refractivity contribution in [3.63, 3.8) is 0 Å².